The number of hydrogen-bond donors (Lipinski definition) is 0. The molecule has 2 rings (SSSR count). The third-order valence-electron chi connectivity index (χ3n) is 3.44. The van der Waals surface area contributed by atoms with Gasteiger partial charge in [0.2, 0.25) is 11.7 Å². The number of hydrogen-bond acceptors (Lipinski definition) is 6. The minimum Gasteiger partial charge on any atom is -0.473 e. The van der Waals surface area contributed by atoms with Gasteiger partial charge >= 0.3 is 5.97 Å². The number of rotatable bonds is 4. The molecule has 1 saturated heterocycles. The van der Waals surface area contributed by atoms with E-state index in [1.54, 1.807) is 0 Å². The van der Waals surface area contributed by atoms with Crippen molar-refractivity contribution in [3.8, 4) is 5.88 Å². The highest BCUT2D eigenvalue weighted by atomic mass is 35.5. The lowest BCUT2D eigenvalue weighted by Crippen LogP contribution is -2.38. The molecule has 0 spiro atoms. The maximum atomic E-state index is 13.4. The molecule has 0 amide bonds. The molecule has 0 bridgehead atoms. The molecule has 1 aromatic rings. The zero-order valence-corrected chi connectivity index (χ0v) is 12.8. The molecule has 2 heterocycles. The first kappa shape index (κ1) is 15.9. The van der Waals surface area contributed by atoms with Crippen molar-refractivity contribution in [2.75, 3.05) is 20.7 Å². The summed E-state index contributed by atoms with van der Waals surface area (Å²) in [5.74, 6) is -0.703. The lowest BCUT2D eigenvalue weighted by molar-refractivity contribution is 0.0582. The van der Waals surface area contributed by atoms with Crippen LogP contribution in [0.3, 0.4) is 0 Å². The fourth-order valence-corrected chi connectivity index (χ4v) is 2.60. The Labute approximate surface area is 127 Å². The number of carbonyl (C=O) groups is 1. The van der Waals surface area contributed by atoms with E-state index in [2.05, 4.69) is 14.7 Å². The van der Waals surface area contributed by atoms with E-state index in [-0.39, 0.29) is 29.0 Å². The van der Waals surface area contributed by atoms with Gasteiger partial charge in [0.25, 0.3) is 0 Å². The van der Waals surface area contributed by atoms with Crippen LogP contribution < -0.4 is 4.74 Å². The lowest BCUT2D eigenvalue weighted by Gasteiger charge is -2.25. The predicted molar refractivity (Wildman–Crippen MR) is 74.4 cm³/mol. The molecule has 21 heavy (non-hydrogen) atoms. The summed E-state index contributed by atoms with van der Waals surface area (Å²) in [5.41, 5.74) is 0. The van der Waals surface area contributed by atoms with E-state index in [0.717, 1.165) is 0 Å². The van der Waals surface area contributed by atoms with Gasteiger partial charge in [-0.15, -0.1) is 0 Å². The van der Waals surface area contributed by atoms with Gasteiger partial charge in [0, 0.05) is 18.7 Å². The van der Waals surface area contributed by atoms with Crippen molar-refractivity contribution in [2.45, 2.75) is 31.7 Å². The third-order valence-corrected chi connectivity index (χ3v) is 3.63. The van der Waals surface area contributed by atoms with Crippen LogP contribution >= 0.6 is 11.6 Å². The second kappa shape index (κ2) is 6.53. The van der Waals surface area contributed by atoms with Crippen LogP contribution in [-0.2, 0) is 4.74 Å². The number of aromatic nitrogens is 2. The first-order valence-corrected chi connectivity index (χ1v) is 6.92. The molecule has 116 valence electrons. The number of likely N-dealkylation sites (N-methyl/N-ethyl adjacent to an activating group) is 1. The van der Waals surface area contributed by atoms with E-state index >= 15 is 0 Å². The fourth-order valence-electron chi connectivity index (χ4n) is 2.42. The molecule has 0 N–H and O–H groups in total. The Bertz CT molecular complexity index is 531. The number of likely N-dealkylation sites (tertiary alicyclic amines) is 1. The van der Waals surface area contributed by atoms with Gasteiger partial charge in [-0.05, 0) is 20.4 Å². The normalized spacial score (nSPS) is 23.9. The molecule has 1 aromatic heterocycles. The maximum Gasteiger partial charge on any atom is 0.376 e. The van der Waals surface area contributed by atoms with Gasteiger partial charge in [0.15, 0.2) is 0 Å². The van der Waals surface area contributed by atoms with Gasteiger partial charge in [0.05, 0.1) is 7.11 Å². The summed E-state index contributed by atoms with van der Waals surface area (Å²) in [6, 6.07) is 1.35. The number of carbonyl (C=O) groups excluding carboxylic acids is 1. The first-order valence-electron chi connectivity index (χ1n) is 6.54. The molecular weight excluding hydrogens is 301 g/mol. The van der Waals surface area contributed by atoms with Gasteiger partial charge < -0.3 is 9.47 Å². The zero-order valence-electron chi connectivity index (χ0n) is 12.0. The summed E-state index contributed by atoms with van der Waals surface area (Å²) in [4.78, 5) is 21.1. The standard InChI is InChI=1S/C13H17ClFN3O3/c1-7(9-4-8(15)6-18(9)2)21-11-5-10(14)16-12(17-11)13(19)20-3/h5,7-9H,4,6H2,1-3H3/t7-,8+,9?/m0/s1. The second-order valence-electron chi connectivity index (χ2n) is 5.01. The molecule has 0 aromatic carbocycles. The highest BCUT2D eigenvalue weighted by Gasteiger charge is 2.34. The van der Waals surface area contributed by atoms with Crippen molar-refractivity contribution in [3.05, 3.63) is 17.0 Å². The van der Waals surface area contributed by atoms with Gasteiger partial charge in [-0.3, -0.25) is 4.90 Å². The van der Waals surface area contributed by atoms with Crippen molar-refractivity contribution in [3.63, 3.8) is 0 Å². The largest absolute Gasteiger partial charge is 0.473 e. The molecule has 0 aliphatic carbocycles. The van der Waals surface area contributed by atoms with Gasteiger partial charge in [0.1, 0.15) is 17.4 Å². The molecule has 6 nitrogen and oxygen atoms in total. The number of halogens is 2. The predicted octanol–water partition coefficient (Wildman–Crippen LogP) is 1.73. The van der Waals surface area contributed by atoms with Crippen LogP contribution in [0.2, 0.25) is 5.15 Å². The second-order valence-corrected chi connectivity index (χ2v) is 5.39. The van der Waals surface area contributed by atoms with E-state index < -0.39 is 12.1 Å². The molecule has 1 fully saturated rings. The molecule has 3 atom stereocenters. The summed E-state index contributed by atoms with van der Waals surface area (Å²) in [5, 5.41) is 0.0794. The molecular formula is C13H17ClFN3O3. The highest BCUT2D eigenvalue weighted by molar-refractivity contribution is 6.29. The Kier molecular flexibility index (Phi) is 4.95. The molecule has 1 unspecified atom stereocenters. The fraction of sp³-hybridized carbons (Fsp3) is 0.615. The summed E-state index contributed by atoms with van der Waals surface area (Å²) in [6.07, 6.45) is -0.752. The van der Waals surface area contributed by atoms with Crippen LogP contribution in [0.4, 0.5) is 4.39 Å². The monoisotopic (exact) mass is 317 g/mol. The molecule has 8 heteroatoms. The van der Waals surface area contributed by atoms with Crippen molar-refractivity contribution >= 4 is 17.6 Å². The van der Waals surface area contributed by atoms with Gasteiger partial charge in [-0.2, -0.15) is 4.98 Å². The Morgan fingerprint density at radius 3 is 2.86 bits per heavy atom. The molecule has 0 saturated carbocycles. The number of nitrogens with zero attached hydrogens (tertiary/aromatic N) is 3. The molecule has 1 aliphatic heterocycles. The van der Waals surface area contributed by atoms with Crippen LogP contribution in [0.15, 0.2) is 6.07 Å². The maximum absolute atomic E-state index is 13.4. The lowest BCUT2D eigenvalue weighted by atomic mass is 10.1. The average Bonchev–Trinajstić information content (AvgIpc) is 2.76. The van der Waals surface area contributed by atoms with Crippen LogP contribution in [0, 0.1) is 0 Å². The highest BCUT2D eigenvalue weighted by Crippen LogP contribution is 2.24. The van der Waals surface area contributed by atoms with E-state index in [1.807, 2.05) is 18.9 Å². The quantitative estimate of drug-likeness (QED) is 0.622. The summed E-state index contributed by atoms with van der Waals surface area (Å²) in [6.45, 7) is 2.21. The van der Waals surface area contributed by atoms with Gasteiger partial charge in [-0.1, -0.05) is 11.6 Å². The van der Waals surface area contributed by atoms with Crippen LogP contribution in [0.5, 0.6) is 5.88 Å². The average molecular weight is 318 g/mol. The number of esters is 1. The smallest absolute Gasteiger partial charge is 0.376 e. The minimum absolute atomic E-state index is 0.0599. The molecule has 1 aliphatic rings. The minimum atomic E-state index is -0.856. The zero-order chi connectivity index (χ0) is 15.6. The van der Waals surface area contributed by atoms with E-state index in [9.17, 15) is 9.18 Å². The Hall–Kier alpha value is -1.47. The van der Waals surface area contributed by atoms with Crippen molar-refractivity contribution < 1.29 is 18.7 Å². The number of ether oxygens (including phenoxy) is 2. The number of methoxy groups -OCH3 is 1. The van der Waals surface area contributed by atoms with E-state index in [4.69, 9.17) is 16.3 Å². The Balaban J connectivity index is 2.12. The van der Waals surface area contributed by atoms with E-state index in [0.29, 0.717) is 13.0 Å². The molecule has 0 radical (unpaired) electrons. The van der Waals surface area contributed by atoms with Crippen LogP contribution in [-0.4, -0.2) is 59.9 Å². The summed E-state index contributed by atoms with van der Waals surface area (Å²) >= 11 is 5.84. The van der Waals surface area contributed by atoms with E-state index in [1.165, 1.54) is 13.2 Å². The summed E-state index contributed by atoms with van der Waals surface area (Å²) in [7, 11) is 3.07. The Morgan fingerprint density at radius 2 is 2.29 bits per heavy atom. The van der Waals surface area contributed by atoms with Crippen molar-refractivity contribution in [1.29, 1.82) is 0 Å². The van der Waals surface area contributed by atoms with Crippen LogP contribution in [0.1, 0.15) is 24.0 Å². The van der Waals surface area contributed by atoms with Crippen molar-refractivity contribution in [2.24, 2.45) is 0 Å². The Morgan fingerprint density at radius 1 is 1.57 bits per heavy atom. The number of alkyl halides is 1. The summed E-state index contributed by atoms with van der Waals surface area (Å²) < 4.78 is 23.6. The topological polar surface area (TPSA) is 64.6 Å². The van der Waals surface area contributed by atoms with Crippen molar-refractivity contribution in [1.82, 2.24) is 14.9 Å². The van der Waals surface area contributed by atoms with Gasteiger partial charge in [-0.25, -0.2) is 14.2 Å². The SMILES string of the molecule is COC(=O)c1nc(Cl)cc(O[C@@H](C)C2C[C@@H](F)CN2C)n1. The first-order chi connectivity index (χ1) is 9.90. The van der Waals surface area contributed by atoms with Crippen LogP contribution in [0.25, 0.3) is 0 Å². The third kappa shape index (κ3) is 3.79.